The fourth-order valence-electron chi connectivity index (χ4n) is 4.92. The first-order chi connectivity index (χ1) is 14.9. The zero-order chi connectivity index (χ0) is 22.1. The third kappa shape index (κ3) is 3.91. The maximum absolute atomic E-state index is 13.4. The Labute approximate surface area is 182 Å². The molecule has 31 heavy (non-hydrogen) atoms. The number of para-hydroxylation sites is 1. The van der Waals surface area contributed by atoms with Gasteiger partial charge in [-0.15, -0.1) is 0 Å². The van der Waals surface area contributed by atoms with E-state index in [2.05, 4.69) is 0 Å². The van der Waals surface area contributed by atoms with Gasteiger partial charge in [-0.3, -0.25) is 19.2 Å². The zero-order valence-electron chi connectivity index (χ0n) is 18.1. The van der Waals surface area contributed by atoms with Gasteiger partial charge in [0, 0.05) is 19.6 Å². The highest BCUT2D eigenvalue weighted by Gasteiger charge is 2.43. The fraction of sp³-hybridized carbons (Fsp3) is 0.565. The largest absolute Gasteiger partial charge is 0.466 e. The summed E-state index contributed by atoms with van der Waals surface area (Å²) in [6.07, 6.45) is 2.52. The molecule has 0 radical (unpaired) electrons. The quantitative estimate of drug-likeness (QED) is 0.684. The van der Waals surface area contributed by atoms with Gasteiger partial charge in [-0.2, -0.15) is 0 Å². The topological polar surface area (TPSA) is 87.2 Å². The van der Waals surface area contributed by atoms with E-state index in [0.717, 1.165) is 12.0 Å². The van der Waals surface area contributed by atoms with Gasteiger partial charge in [0.2, 0.25) is 11.8 Å². The predicted octanol–water partition coefficient (Wildman–Crippen LogP) is 1.75. The minimum Gasteiger partial charge on any atom is -0.466 e. The predicted molar refractivity (Wildman–Crippen MR) is 114 cm³/mol. The molecule has 0 aliphatic carbocycles. The molecule has 0 saturated carbocycles. The highest BCUT2D eigenvalue weighted by atomic mass is 16.5. The smallest absolute Gasteiger partial charge is 0.309 e. The summed E-state index contributed by atoms with van der Waals surface area (Å²) >= 11 is 0. The number of fused-ring (bicyclic) bond motifs is 2. The highest BCUT2D eigenvalue weighted by molar-refractivity contribution is 6.13. The van der Waals surface area contributed by atoms with Crippen molar-refractivity contribution in [2.45, 2.75) is 45.6 Å². The molecule has 3 aliphatic heterocycles. The van der Waals surface area contributed by atoms with Crippen LogP contribution < -0.4 is 4.90 Å². The molecule has 3 aliphatic rings. The van der Waals surface area contributed by atoms with Crippen LogP contribution in [0.15, 0.2) is 18.2 Å². The number of benzene rings is 1. The molecule has 3 heterocycles. The van der Waals surface area contributed by atoms with Crippen LogP contribution in [0.3, 0.4) is 0 Å². The number of hydrogen-bond donors (Lipinski definition) is 0. The number of piperidine rings is 1. The maximum Gasteiger partial charge on any atom is 0.309 e. The molecule has 0 spiro atoms. The average molecular weight is 428 g/mol. The first-order valence-corrected chi connectivity index (χ1v) is 11.1. The van der Waals surface area contributed by atoms with Gasteiger partial charge in [0.25, 0.3) is 5.91 Å². The molecular weight excluding hydrogens is 398 g/mol. The van der Waals surface area contributed by atoms with Gasteiger partial charge in [0.05, 0.1) is 23.8 Å². The normalized spacial score (nSPS) is 21.6. The Bertz CT molecular complexity index is 906. The molecular formula is C23H29N3O5. The molecule has 3 amide bonds. The highest BCUT2D eigenvalue weighted by Crippen LogP contribution is 2.34. The van der Waals surface area contributed by atoms with Crippen molar-refractivity contribution in [3.05, 3.63) is 29.3 Å². The standard InChI is InChI=1S/C23H29N3O5/c1-3-31-23(30)16-9-12-24(13-10-16)19(27)14-26-20-15(2)6-4-7-17(20)21(28)25-11-5-8-18(25)22(26)29/h4,6-7,16,18H,3,5,8-14H2,1-2H3. The third-order valence-corrected chi connectivity index (χ3v) is 6.56. The van der Waals surface area contributed by atoms with Gasteiger partial charge >= 0.3 is 5.97 Å². The van der Waals surface area contributed by atoms with Crippen LogP contribution in [0.4, 0.5) is 5.69 Å². The Morgan fingerprint density at radius 2 is 1.84 bits per heavy atom. The van der Waals surface area contributed by atoms with Gasteiger partial charge in [-0.25, -0.2) is 0 Å². The van der Waals surface area contributed by atoms with Crippen LogP contribution in [-0.2, 0) is 19.1 Å². The number of carbonyl (C=O) groups is 4. The van der Waals surface area contributed by atoms with Crippen molar-refractivity contribution in [2.24, 2.45) is 5.92 Å². The number of aryl methyl sites for hydroxylation is 1. The molecule has 4 rings (SSSR count). The Morgan fingerprint density at radius 1 is 1.10 bits per heavy atom. The van der Waals surface area contributed by atoms with Crippen molar-refractivity contribution in [3.63, 3.8) is 0 Å². The molecule has 1 aromatic carbocycles. The molecule has 1 unspecified atom stereocenters. The number of anilines is 1. The molecule has 1 atom stereocenters. The fourth-order valence-corrected chi connectivity index (χ4v) is 4.92. The first kappa shape index (κ1) is 21.3. The summed E-state index contributed by atoms with van der Waals surface area (Å²) in [6.45, 7) is 5.37. The van der Waals surface area contributed by atoms with Gasteiger partial charge in [0.15, 0.2) is 0 Å². The molecule has 2 fully saturated rings. The number of amides is 3. The molecule has 2 saturated heterocycles. The Hall–Kier alpha value is -2.90. The number of likely N-dealkylation sites (tertiary alicyclic amines) is 1. The minimum absolute atomic E-state index is 0.0988. The van der Waals surface area contributed by atoms with E-state index in [4.69, 9.17) is 4.74 Å². The molecule has 0 aromatic heterocycles. The van der Waals surface area contributed by atoms with Crippen molar-refractivity contribution in [1.29, 1.82) is 0 Å². The SMILES string of the molecule is CCOC(=O)C1CCN(C(=O)CN2C(=O)C3CCCN3C(=O)c3cccc(C)c32)CC1. The summed E-state index contributed by atoms with van der Waals surface area (Å²) in [5.41, 5.74) is 1.82. The maximum atomic E-state index is 13.4. The number of rotatable bonds is 4. The molecule has 8 heteroatoms. The number of carbonyl (C=O) groups excluding carboxylic acids is 4. The molecule has 0 N–H and O–H groups in total. The monoisotopic (exact) mass is 427 g/mol. The molecule has 8 nitrogen and oxygen atoms in total. The summed E-state index contributed by atoms with van der Waals surface area (Å²) in [5, 5.41) is 0. The lowest BCUT2D eigenvalue weighted by Crippen LogP contribution is -2.50. The van der Waals surface area contributed by atoms with Crippen LogP contribution in [0.25, 0.3) is 0 Å². The summed E-state index contributed by atoms with van der Waals surface area (Å²) in [6, 6.07) is 4.90. The van der Waals surface area contributed by atoms with Gasteiger partial charge < -0.3 is 19.4 Å². The summed E-state index contributed by atoms with van der Waals surface area (Å²) < 4.78 is 5.10. The van der Waals surface area contributed by atoms with E-state index in [-0.39, 0.29) is 36.2 Å². The number of ether oxygens (including phenoxy) is 1. The Morgan fingerprint density at radius 3 is 2.55 bits per heavy atom. The van der Waals surface area contributed by atoms with E-state index in [9.17, 15) is 19.2 Å². The Balaban J connectivity index is 1.54. The summed E-state index contributed by atoms with van der Waals surface area (Å²) in [5.74, 6) is -0.879. The Kier molecular flexibility index (Phi) is 5.98. The average Bonchev–Trinajstić information content (AvgIpc) is 3.24. The van der Waals surface area contributed by atoms with Crippen LogP contribution in [0.1, 0.15) is 48.5 Å². The minimum atomic E-state index is -0.512. The lowest BCUT2D eigenvalue weighted by Gasteiger charge is -2.33. The lowest BCUT2D eigenvalue weighted by molar-refractivity contribution is -0.151. The second kappa shape index (κ2) is 8.69. The summed E-state index contributed by atoms with van der Waals surface area (Å²) in [7, 11) is 0. The van der Waals surface area contributed by atoms with Crippen molar-refractivity contribution in [3.8, 4) is 0 Å². The van der Waals surface area contributed by atoms with Gasteiger partial charge in [-0.05, 0) is 51.2 Å². The van der Waals surface area contributed by atoms with E-state index >= 15 is 0 Å². The summed E-state index contributed by atoms with van der Waals surface area (Å²) in [4.78, 5) is 56.5. The van der Waals surface area contributed by atoms with Crippen molar-refractivity contribution >= 4 is 29.4 Å². The van der Waals surface area contributed by atoms with Gasteiger partial charge in [0.1, 0.15) is 12.6 Å². The van der Waals surface area contributed by atoms with Crippen LogP contribution >= 0.6 is 0 Å². The van der Waals surface area contributed by atoms with E-state index in [1.165, 1.54) is 4.90 Å². The van der Waals surface area contributed by atoms with Crippen molar-refractivity contribution in [1.82, 2.24) is 9.80 Å². The number of esters is 1. The van der Waals surface area contributed by atoms with Crippen LogP contribution in [0.2, 0.25) is 0 Å². The second-order valence-electron chi connectivity index (χ2n) is 8.46. The van der Waals surface area contributed by atoms with Crippen LogP contribution in [-0.4, -0.2) is 72.3 Å². The van der Waals surface area contributed by atoms with E-state index < -0.39 is 6.04 Å². The molecule has 0 bridgehead atoms. The third-order valence-electron chi connectivity index (χ3n) is 6.56. The van der Waals surface area contributed by atoms with Crippen molar-refractivity contribution < 1.29 is 23.9 Å². The second-order valence-corrected chi connectivity index (χ2v) is 8.46. The zero-order valence-corrected chi connectivity index (χ0v) is 18.1. The first-order valence-electron chi connectivity index (χ1n) is 11.1. The van der Waals surface area contributed by atoms with Crippen LogP contribution in [0.5, 0.6) is 0 Å². The van der Waals surface area contributed by atoms with E-state index in [1.54, 1.807) is 22.8 Å². The van der Waals surface area contributed by atoms with E-state index in [0.29, 0.717) is 56.8 Å². The number of nitrogens with zero attached hydrogens (tertiary/aromatic N) is 3. The molecule has 166 valence electrons. The van der Waals surface area contributed by atoms with E-state index in [1.807, 2.05) is 19.1 Å². The number of hydrogen-bond acceptors (Lipinski definition) is 5. The van der Waals surface area contributed by atoms with Crippen molar-refractivity contribution in [2.75, 3.05) is 37.7 Å². The van der Waals surface area contributed by atoms with Crippen LogP contribution in [0, 0.1) is 12.8 Å². The van der Waals surface area contributed by atoms with Gasteiger partial charge in [-0.1, -0.05) is 12.1 Å². The lowest BCUT2D eigenvalue weighted by atomic mass is 9.97. The molecule has 1 aromatic rings.